The zero-order chi connectivity index (χ0) is 21.3. The van der Waals surface area contributed by atoms with Crippen LogP contribution in [0.5, 0.6) is 0 Å². The highest BCUT2D eigenvalue weighted by atomic mass is 14.3. The monoisotopic (exact) mass is 378 g/mol. The van der Waals surface area contributed by atoms with E-state index in [1.807, 2.05) is 0 Å². The van der Waals surface area contributed by atoms with Gasteiger partial charge in [-0.05, 0) is 81.0 Å². The van der Waals surface area contributed by atoms with Crippen LogP contribution in [0.15, 0.2) is 24.3 Å². The Balaban J connectivity index is 2.93. The average Bonchev–Trinajstić information content (AvgIpc) is 2.59. The smallest absolute Gasteiger partial charge is 0.0114 e. The molecule has 2 rings (SSSR count). The van der Waals surface area contributed by atoms with Crippen molar-refractivity contribution in [3.63, 3.8) is 0 Å². The molecular weight excluding hydrogens is 336 g/mol. The topological polar surface area (TPSA) is 0 Å². The Labute approximate surface area is 174 Å². The molecule has 0 amide bonds. The van der Waals surface area contributed by atoms with E-state index >= 15 is 0 Å². The van der Waals surface area contributed by atoms with Crippen molar-refractivity contribution < 1.29 is 0 Å². The molecule has 0 unspecified atom stereocenters. The zero-order valence-electron chi connectivity index (χ0n) is 20.2. The van der Waals surface area contributed by atoms with Crippen LogP contribution in [0.4, 0.5) is 0 Å². The summed E-state index contributed by atoms with van der Waals surface area (Å²) < 4.78 is 0. The van der Waals surface area contributed by atoms with Gasteiger partial charge in [0.2, 0.25) is 0 Å². The summed E-state index contributed by atoms with van der Waals surface area (Å²) in [7, 11) is 0. The van der Waals surface area contributed by atoms with Gasteiger partial charge < -0.3 is 0 Å². The Kier molecular flexibility index (Phi) is 7.18. The zero-order valence-corrected chi connectivity index (χ0v) is 20.2. The molecule has 0 nitrogen and oxygen atoms in total. The van der Waals surface area contributed by atoms with Crippen LogP contribution in [0.3, 0.4) is 0 Å². The number of rotatable bonds is 6. The van der Waals surface area contributed by atoms with Crippen molar-refractivity contribution in [2.45, 2.75) is 106 Å². The lowest BCUT2D eigenvalue weighted by atomic mass is 9.79. The van der Waals surface area contributed by atoms with Gasteiger partial charge in [-0.3, -0.25) is 0 Å². The highest BCUT2D eigenvalue weighted by molar-refractivity contribution is 5.75. The molecule has 0 aliphatic rings. The van der Waals surface area contributed by atoms with E-state index in [9.17, 15) is 0 Å². The fraction of sp³-hybridized carbons (Fsp3) is 0.571. The molecule has 0 saturated carbocycles. The maximum atomic E-state index is 2.48. The molecule has 0 N–H and O–H groups in total. The first kappa shape index (κ1) is 22.7. The van der Waals surface area contributed by atoms with E-state index in [1.165, 1.54) is 44.5 Å². The van der Waals surface area contributed by atoms with E-state index in [0.717, 1.165) is 0 Å². The minimum atomic E-state index is 0.512. The van der Waals surface area contributed by atoms with Crippen LogP contribution in [0, 0.1) is 6.92 Å². The summed E-state index contributed by atoms with van der Waals surface area (Å²) in [6.07, 6.45) is 0. The summed E-state index contributed by atoms with van der Waals surface area (Å²) in [5, 5.41) is 0. The molecule has 2 aromatic carbocycles. The highest BCUT2D eigenvalue weighted by Gasteiger charge is 2.21. The molecule has 0 saturated heterocycles. The van der Waals surface area contributed by atoms with Crippen molar-refractivity contribution in [2.75, 3.05) is 0 Å². The Bertz CT molecular complexity index is 758. The minimum absolute atomic E-state index is 0.512. The molecule has 2 aromatic rings. The van der Waals surface area contributed by atoms with E-state index in [0.29, 0.717) is 29.6 Å². The molecule has 28 heavy (non-hydrogen) atoms. The molecule has 0 fully saturated rings. The lowest BCUT2D eigenvalue weighted by Crippen LogP contribution is -2.06. The molecule has 0 bridgehead atoms. The molecule has 0 aromatic heterocycles. The van der Waals surface area contributed by atoms with Crippen molar-refractivity contribution >= 4 is 0 Å². The van der Waals surface area contributed by atoms with Crippen LogP contribution in [0.2, 0.25) is 0 Å². The molecule has 0 heterocycles. The largest absolute Gasteiger partial charge is 0.0587 e. The van der Waals surface area contributed by atoms with E-state index in [4.69, 9.17) is 0 Å². The van der Waals surface area contributed by atoms with Gasteiger partial charge in [0.05, 0.1) is 0 Å². The maximum Gasteiger partial charge on any atom is -0.0114 e. The van der Waals surface area contributed by atoms with Crippen LogP contribution in [-0.2, 0) is 0 Å². The molecule has 0 spiro atoms. The summed E-state index contributed by atoms with van der Waals surface area (Å²) in [4.78, 5) is 0. The Morgan fingerprint density at radius 1 is 0.464 bits per heavy atom. The molecule has 0 atom stereocenters. The summed E-state index contributed by atoms with van der Waals surface area (Å²) in [5.41, 5.74) is 11.9. The van der Waals surface area contributed by atoms with Crippen molar-refractivity contribution in [1.82, 2.24) is 0 Å². The molecule has 0 radical (unpaired) electrons. The van der Waals surface area contributed by atoms with Crippen LogP contribution >= 0.6 is 0 Å². The van der Waals surface area contributed by atoms with E-state index in [1.54, 1.807) is 0 Å². The first-order chi connectivity index (χ1) is 13.0. The first-order valence-corrected chi connectivity index (χ1v) is 11.3. The number of benzene rings is 2. The molecule has 0 aliphatic carbocycles. The molecule has 154 valence electrons. The SMILES string of the molecule is Cc1c(C(C)C)cc(-c2c(C(C)C)cc(C(C)C)cc2C(C)C)cc1C(C)C. The van der Waals surface area contributed by atoms with Gasteiger partial charge in [-0.15, -0.1) is 0 Å². The lowest BCUT2D eigenvalue weighted by Gasteiger charge is -2.26. The average molecular weight is 379 g/mol. The van der Waals surface area contributed by atoms with Gasteiger partial charge in [-0.2, -0.15) is 0 Å². The molecular formula is C28H42. The first-order valence-electron chi connectivity index (χ1n) is 11.3. The predicted octanol–water partition coefficient (Wildman–Crippen LogP) is 9.28. The van der Waals surface area contributed by atoms with Gasteiger partial charge in [-0.1, -0.05) is 93.5 Å². The standard InChI is InChI=1S/C28H42/c1-16(2)22-12-26(19(7)8)28(27(13-22)20(9)10)23-14-24(17(3)4)21(11)25(15-23)18(5)6/h12-20H,1-11H3. The summed E-state index contributed by atoms with van der Waals surface area (Å²) in [5.74, 6) is 2.66. The third-order valence-electron chi connectivity index (χ3n) is 6.15. The summed E-state index contributed by atoms with van der Waals surface area (Å²) >= 11 is 0. The molecule has 0 aliphatic heterocycles. The van der Waals surface area contributed by atoms with Crippen LogP contribution in [0.1, 0.15) is 132 Å². The van der Waals surface area contributed by atoms with Crippen LogP contribution < -0.4 is 0 Å². The second-order valence-electron chi connectivity index (χ2n) is 10.1. The minimum Gasteiger partial charge on any atom is -0.0587 e. The predicted molar refractivity (Wildman–Crippen MR) is 127 cm³/mol. The molecule has 0 heteroatoms. The fourth-order valence-electron chi connectivity index (χ4n) is 4.39. The van der Waals surface area contributed by atoms with Crippen molar-refractivity contribution in [3.05, 3.63) is 57.6 Å². The van der Waals surface area contributed by atoms with Crippen molar-refractivity contribution in [3.8, 4) is 11.1 Å². The Hall–Kier alpha value is -1.56. The third kappa shape index (κ3) is 4.53. The second kappa shape index (κ2) is 8.85. The lowest BCUT2D eigenvalue weighted by molar-refractivity contribution is 0.804. The van der Waals surface area contributed by atoms with Crippen molar-refractivity contribution in [1.29, 1.82) is 0 Å². The van der Waals surface area contributed by atoms with Gasteiger partial charge in [0.15, 0.2) is 0 Å². The van der Waals surface area contributed by atoms with Gasteiger partial charge in [0, 0.05) is 0 Å². The maximum absolute atomic E-state index is 2.48. The number of hydrogen-bond donors (Lipinski definition) is 0. The Morgan fingerprint density at radius 3 is 1.11 bits per heavy atom. The van der Waals surface area contributed by atoms with E-state index < -0.39 is 0 Å². The quantitative estimate of drug-likeness (QED) is 0.469. The second-order valence-corrected chi connectivity index (χ2v) is 10.1. The third-order valence-corrected chi connectivity index (χ3v) is 6.15. The van der Waals surface area contributed by atoms with Gasteiger partial charge >= 0.3 is 0 Å². The van der Waals surface area contributed by atoms with Gasteiger partial charge in [-0.25, -0.2) is 0 Å². The van der Waals surface area contributed by atoms with Crippen molar-refractivity contribution in [2.24, 2.45) is 0 Å². The van der Waals surface area contributed by atoms with Crippen LogP contribution in [0.25, 0.3) is 11.1 Å². The normalized spacial score (nSPS) is 12.3. The fourth-order valence-corrected chi connectivity index (χ4v) is 4.39. The van der Waals surface area contributed by atoms with E-state index in [2.05, 4.69) is 100 Å². The summed E-state index contributed by atoms with van der Waals surface area (Å²) in [6.45, 7) is 25.6. The summed E-state index contributed by atoms with van der Waals surface area (Å²) in [6, 6.07) is 9.91. The van der Waals surface area contributed by atoms with Crippen LogP contribution in [-0.4, -0.2) is 0 Å². The van der Waals surface area contributed by atoms with Gasteiger partial charge in [0.1, 0.15) is 0 Å². The Morgan fingerprint density at radius 2 is 0.821 bits per heavy atom. The highest BCUT2D eigenvalue weighted by Crippen LogP contribution is 2.41. The number of hydrogen-bond acceptors (Lipinski definition) is 0. The van der Waals surface area contributed by atoms with Gasteiger partial charge in [0.25, 0.3) is 0 Å². The van der Waals surface area contributed by atoms with E-state index in [-0.39, 0.29) is 0 Å².